The van der Waals surface area contributed by atoms with Crippen molar-refractivity contribution in [2.24, 2.45) is 0 Å². The number of anilines is 1. The molecule has 0 radical (unpaired) electrons. The number of hydrogen-bond acceptors (Lipinski definition) is 5. The topological polar surface area (TPSA) is 68.3 Å². The number of nitrogens with one attached hydrogen (secondary N) is 1. The van der Waals surface area contributed by atoms with E-state index in [0.717, 1.165) is 17.0 Å². The molecule has 0 saturated carbocycles. The van der Waals surface area contributed by atoms with E-state index in [1.54, 1.807) is 42.5 Å². The number of hydrogen-bond donors (Lipinski definition) is 1. The third kappa shape index (κ3) is 4.55. The number of carbonyl (C=O) groups is 2. The molecule has 1 amide bonds. The summed E-state index contributed by atoms with van der Waals surface area (Å²) in [6.07, 6.45) is 0. The molecule has 1 N–H and O–H groups in total. The van der Waals surface area contributed by atoms with Gasteiger partial charge in [-0.1, -0.05) is 35.9 Å². The average Bonchev–Trinajstić information content (AvgIpc) is 3.20. The Kier molecular flexibility index (Phi) is 5.92. The predicted molar refractivity (Wildman–Crippen MR) is 115 cm³/mol. The molecule has 0 aliphatic heterocycles. The summed E-state index contributed by atoms with van der Waals surface area (Å²) >= 11 is 7.31. The van der Waals surface area contributed by atoms with Gasteiger partial charge in [-0.2, -0.15) is 0 Å². The zero-order valence-corrected chi connectivity index (χ0v) is 17.3. The van der Waals surface area contributed by atoms with Gasteiger partial charge >= 0.3 is 5.97 Å². The van der Waals surface area contributed by atoms with Crippen LogP contribution >= 0.6 is 22.9 Å². The standard InChI is InChI=1S/C22H13ClF2N2O3S/c23-19-9-8-18(31-19)17-10-13(12-4-1-2-7-16(12)26-17)22(29)30-11-20(28)27-21-14(24)5-3-6-15(21)25/h1-10H,11H2,(H,27,28). The lowest BCUT2D eigenvalue weighted by atomic mass is 10.1. The molecule has 4 aromatic rings. The van der Waals surface area contributed by atoms with E-state index in [0.29, 0.717) is 20.9 Å². The Morgan fingerprint density at radius 3 is 2.48 bits per heavy atom. The third-order valence-corrected chi connectivity index (χ3v) is 5.58. The van der Waals surface area contributed by atoms with Crippen LogP contribution in [-0.2, 0) is 9.53 Å². The lowest BCUT2D eigenvalue weighted by molar-refractivity contribution is -0.119. The molecular weight excluding hydrogens is 446 g/mol. The molecule has 156 valence electrons. The summed E-state index contributed by atoms with van der Waals surface area (Å²) in [5, 5.41) is 2.61. The first kappa shape index (κ1) is 20.9. The second kappa shape index (κ2) is 8.79. The maximum Gasteiger partial charge on any atom is 0.339 e. The van der Waals surface area contributed by atoms with E-state index in [2.05, 4.69) is 10.3 Å². The van der Waals surface area contributed by atoms with Gasteiger partial charge in [0, 0.05) is 5.39 Å². The van der Waals surface area contributed by atoms with E-state index in [-0.39, 0.29) is 5.56 Å². The molecule has 0 saturated heterocycles. The quantitative estimate of drug-likeness (QED) is 0.390. The molecule has 0 unspecified atom stereocenters. The number of amides is 1. The number of carbonyl (C=O) groups excluding carboxylic acids is 2. The fraction of sp³-hybridized carbons (Fsp3) is 0.0455. The molecule has 31 heavy (non-hydrogen) atoms. The molecule has 9 heteroatoms. The van der Waals surface area contributed by atoms with E-state index in [1.807, 2.05) is 0 Å². The van der Waals surface area contributed by atoms with Gasteiger partial charge in [-0.05, 0) is 36.4 Å². The summed E-state index contributed by atoms with van der Waals surface area (Å²) < 4.78 is 33.0. The Morgan fingerprint density at radius 2 is 1.77 bits per heavy atom. The minimum absolute atomic E-state index is 0.204. The van der Waals surface area contributed by atoms with Crippen LogP contribution in [0.3, 0.4) is 0 Å². The molecule has 2 heterocycles. The first-order chi connectivity index (χ1) is 14.9. The maximum absolute atomic E-state index is 13.7. The van der Waals surface area contributed by atoms with Gasteiger partial charge in [-0.25, -0.2) is 18.6 Å². The zero-order valence-electron chi connectivity index (χ0n) is 15.7. The molecule has 2 aromatic carbocycles. The van der Waals surface area contributed by atoms with Crippen molar-refractivity contribution in [3.05, 3.63) is 82.2 Å². The number of halogens is 3. The lowest BCUT2D eigenvalue weighted by Gasteiger charge is -2.10. The van der Waals surface area contributed by atoms with Crippen molar-refractivity contribution in [2.75, 3.05) is 11.9 Å². The first-order valence-corrected chi connectivity index (χ1v) is 10.2. The van der Waals surface area contributed by atoms with E-state index in [9.17, 15) is 18.4 Å². The van der Waals surface area contributed by atoms with Gasteiger partial charge in [0.15, 0.2) is 6.61 Å². The van der Waals surface area contributed by atoms with Crippen LogP contribution in [0.1, 0.15) is 10.4 Å². The van der Waals surface area contributed by atoms with Crippen LogP contribution in [0.2, 0.25) is 4.34 Å². The zero-order chi connectivity index (χ0) is 22.0. The number of para-hydroxylation sites is 2. The smallest absolute Gasteiger partial charge is 0.339 e. The fourth-order valence-electron chi connectivity index (χ4n) is 2.92. The summed E-state index contributed by atoms with van der Waals surface area (Å²) in [7, 11) is 0. The highest BCUT2D eigenvalue weighted by atomic mass is 35.5. The Labute approximate surface area is 184 Å². The Bertz CT molecular complexity index is 1290. The highest BCUT2D eigenvalue weighted by Gasteiger charge is 2.18. The SMILES string of the molecule is O=C(COC(=O)c1cc(-c2ccc(Cl)s2)nc2ccccc12)Nc1c(F)cccc1F. The molecule has 0 spiro atoms. The number of ether oxygens (including phenoxy) is 1. The van der Waals surface area contributed by atoms with Gasteiger partial charge in [-0.3, -0.25) is 4.79 Å². The van der Waals surface area contributed by atoms with Gasteiger partial charge in [0.1, 0.15) is 17.3 Å². The first-order valence-electron chi connectivity index (χ1n) is 8.99. The number of benzene rings is 2. The van der Waals surface area contributed by atoms with E-state index < -0.39 is 35.8 Å². The summed E-state index contributed by atoms with van der Waals surface area (Å²) in [6.45, 7) is -0.719. The highest BCUT2D eigenvalue weighted by molar-refractivity contribution is 7.19. The Morgan fingerprint density at radius 1 is 1.03 bits per heavy atom. The largest absolute Gasteiger partial charge is 0.452 e. The molecule has 0 atom stereocenters. The molecule has 5 nitrogen and oxygen atoms in total. The molecule has 0 bridgehead atoms. The molecule has 2 aromatic heterocycles. The number of rotatable bonds is 5. The monoisotopic (exact) mass is 458 g/mol. The van der Waals surface area contributed by atoms with E-state index in [1.165, 1.54) is 17.4 Å². The summed E-state index contributed by atoms with van der Waals surface area (Å²) in [4.78, 5) is 30.1. The number of fused-ring (bicyclic) bond motifs is 1. The van der Waals surface area contributed by atoms with Gasteiger partial charge in [0.25, 0.3) is 5.91 Å². The van der Waals surface area contributed by atoms with Gasteiger partial charge in [0.05, 0.1) is 26.0 Å². The molecule has 0 aliphatic carbocycles. The Balaban J connectivity index is 1.56. The molecule has 0 fully saturated rings. The van der Waals surface area contributed by atoms with Crippen molar-refractivity contribution in [3.8, 4) is 10.6 Å². The van der Waals surface area contributed by atoms with Crippen molar-refractivity contribution in [2.45, 2.75) is 0 Å². The molecule has 0 aliphatic rings. The maximum atomic E-state index is 13.7. The van der Waals surface area contributed by atoms with Gasteiger partial charge in [0.2, 0.25) is 0 Å². The van der Waals surface area contributed by atoms with Crippen molar-refractivity contribution in [1.29, 1.82) is 0 Å². The summed E-state index contributed by atoms with van der Waals surface area (Å²) in [5.74, 6) is -3.51. The van der Waals surface area contributed by atoms with Crippen LogP contribution in [-0.4, -0.2) is 23.5 Å². The van der Waals surface area contributed by atoms with Crippen molar-refractivity contribution in [3.63, 3.8) is 0 Å². The fourth-order valence-corrected chi connectivity index (χ4v) is 3.93. The lowest BCUT2D eigenvalue weighted by Crippen LogP contribution is -2.22. The Hall–Kier alpha value is -3.36. The predicted octanol–water partition coefficient (Wildman–Crippen LogP) is 5.69. The van der Waals surface area contributed by atoms with Crippen molar-refractivity contribution >= 4 is 51.4 Å². The van der Waals surface area contributed by atoms with Crippen LogP contribution < -0.4 is 5.32 Å². The van der Waals surface area contributed by atoms with Crippen LogP contribution in [0, 0.1) is 11.6 Å². The average molecular weight is 459 g/mol. The van der Waals surface area contributed by atoms with Crippen LogP contribution in [0.5, 0.6) is 0 Å². The number of nitrogens with zero attached hydrogens (tertiary/aromatic N) is 1. The van der Waals surface area contributed by atoms with Gasteiger partial charge in [-0.15, -0.1) is 11.3 Å². The normalized spacial score (nSPS) is 10.8. The number of aromatic nitrogens is 1. The minimum atomic E-state index is -0.931. The third-order valence-electron chi connectivity index (χ3n) is 4.32. The number of thiophene rings is 1. The minimum Gasteiger partial charge on any atom is -0.452 e. The van der Waals surface area contributed by atoms with Crippen molar-refractivity contribution < 1.29 is 23.1 Å². The van der Waals surface area contributed by atoms with E-state index >= 15 is 0 Å². The van der Waals surface area contributed by atoms with Crippen LogP contribution in [0.25, 0.3) is 21.5 Å². The number of pyridine rings is 1. The summed E-state index contributed by atoms with van der Waals surface area (Å²) in [5.41, 5.74) is 0.694. The van der Waals surface area contributed by atoms with Gasteiger partial charge < -0.3 is 10.1 Å². The molecular formula is C22H13ClF2N2O3S. The van der Waals surface area contributed by atoms with Crippen molar-refractivity contribution in [1.82, 2.24) is 4.98 Å². The van der Waals surface area contributed by atoms with E-state index in [4.69, 9.17) is 16.3 Å². The second-order valence-corrected chi connectivity index (χ2v) is 8.11. The molecule has 4 rings (SSSR count). The summed E-state index contributed by atoms with van der Waals surface area (Å²) in [6, 6.07) is 15.2. The van der Waals surface area contributed by atoms with Crippen LogP contribution in [0.4, 0.5) is 14.5 Å². The van der Waals surface area contributed by atoms with Crippen LogP contribution in [0.15, 0.2) is 60.7 Å². The highest BCUT2D eigenvalue weighted by Crippen LogP contribution is 2.32. The second-order valence-electron chi connectivity index (χ2n) is 6.40. The number of esters is 1.